The quantitative estimate of drug-likeness (QED) is 0.423. The Hall–Kier alpha value is -2.20. The molecule has 2 unspecified atom stereocenters. The topological polar surface area (TPSA) is 86.7 Å². The van der Waals surface area contributed by atoms with E-state index in [2.05, 4.69) is 42.2 Å². The van der Waals surface area contributed by atoms with Crippen molar-refractivity contribution in [1.29, 1.82) is 0 Å². The summed E-state index contributed by atoms with van der Waals surface area (Å²) in [7, 11) is 3.43. The molecule has 0 fully saturated rings. The molecular weight excluding hydrogens is 631 g/mol. The van der Waals surface area contributed by atoms with E-state index in [0.29, 0.717) is 0 Å². The van der Waals surface area contributed by atoms with Gasteiger partial charge in [0.15, 0.2) is 0 Å². The van der Waals surface area contributed by atoms with Crippen LogP contribution in [0.3, 0.4) is 0 Å². The Morgan fingerprint density at radius 1 is 1.33 bits per heavy atom. The Bertz CT molecular complexity index is 1310. The monoisotopic (exact) mass is 658 g/mol. The third-order valence-electron chi connectivity index (χ3n) is 6.23. The molecule has 3 N–H and O–H groups in total. The van der Waals surface area contributed by atoms with Crippen molar-refractivity contribution in [1.82, 2.24) is 9.66 Å². The second kappa shape index (κ2) is 8.86. The Morgan fingerprint density at radius 3 is 2.94 bits per heavy atom. The summed E-state index contributed by atoms with van der Waals surface area (Å²) in [6.45, 7) is 4.37. The third kappa shape index (κ3) is 4.01. The number of ether oxygens (including phenoxy) is 2. The van der Waals surface area contributed by atoms with Gasteiger partial charge in [0.05, 0.1) is 7.11 Å². The number of aromatic nitrogens is 2. The van der Waals surface area contributed by atoms with Gasteiger partial charge in [-0.25, -0.2) is 0 Å². The SMILES string of the molecule is COC1=CC(N=C2Nn3c(-c4cc5cccc(OC)c5s4)cnc3CC2C)=CC[C]1(C)[Po][NH2]. The van der Waals surface area contributed by atoms with Crippen molar-refractivity contribution in [2.75, 3.05) is 19.6 Å². The molecule has 2 aliphatic rings. The van der Waals surface area contributed by atoms with Crippen LogP contribution in [0, 0.1) is 5.92 Å². The van der Waals surface area contributed by atoms with Crippen molar-refractivity contribution in [3.63, 3.8) is 0 Å². The molecule has 0 spiro atoms. The fraction of sp³-hybridized carbons (Fsp3) is 0.333. The molecule has 3 heterocycles. The first-order valence-electron chi connectivity index (χ1n) is 10.8. The van der Waals surface area contributed by atoms with Gasteiger partial charge in [-0.15, -0.1) is 0 Å². The molecule has 1 aliphatic heterocycles. The number of methoxy groups -OCH3 is 2. The molecule has 7 nitrogen and oxygen atoms in total. The molecule has 9 heteroatoms. The maximum atomic E-state index is 6.17. The molecule has 33 heavy (non-hydrogen) atoms. The van der Waals surface area contributed by atoms with Gasteiger partial charge < -0.3 is 4.74 Å². The predicted octanol–water partition coefficient (Wildman–Crippen LogP) is 4.48. The summed E-state index contributed by atoms with van der Waals surface area (Å²) in [5.74, 6) is 4.01. The van der Waals surface area contributed by atoms with E-state index >= 15 is 0 Å². The van der Waals surface area contributed by atoms with Crippen LogP contribution in [-0.2, 0) is 11.2 Å². The summed E-state index contributed by atoms with van der Waals surface area (Å²) in [5, 5.41) is 1.17. The van der Waals surface area contributed by atoms with E-state index in [9.17, 15) is 0 Å². The number of imidazole rings is 1. The number of fused-ring (bicyclic) bond motifs is 2. The Kier molecular flexibility index (Phi) is 6.07. The van der Waals surface area contributed by atoms with E-state index in [1.165, 1.54) is 5.39 Å². The van der Waals surface area contributed by atoms with Gasteiger partial charge in [-0.1, -0.05) is 12.1 Å². The van der Waals surface area contributed by atoms with Gasteiger partial charge in [0.25, 0.3) is 0 Å². The van der Waals surface area contributed by atoms with Crippen molar-refractivity contribution in [3.05, 3.63) is 59.9 Å². The van der Waals surface area contributed by atoms with E-state index in [1.54, 1.807) is 25.6 Å². The number of hydrogen-bond acceptors (Lipinski definition) is 6. The number of allylic oxidation sites excluding steroid dienone is 3. The molecule has 0 saturated heterocycles. The maximum absolute atomic E-state index is 6.17. The van der Waals surface area contributed by atoms with Crippen LogP contribution in [-0.4, -0.2) is 53.6 Å². The van der Waals surface area contributed by atoms with Crippen LogP contribution in [0.1, 0.15) is 26.1 Å². The van der Waals surface area contributed by atoms with Crippen LogP contribution in [0.15, 0.2) is 59.1 Å². The summed E-state index contributed by atoms with van der Waals surface area (Å²) in [6.07, 6.45) is 7.86. The summed E-state index contributed by atoms with van der Waals surface area (Å²) >= 11 is 0.700. The first-order chi connectivity index (χ1) is 16.0. The number of benzene rings is 1. The van der Waals surface area contributed by atoms with Crippen LogP contribution < -0.4 is 13.8 Å². The Labute approximate surface area is 209 Å². The molecule has 3 aromatic rings. The van der Waals surface area contributed by atoms with Gasteiger partial charge >= 0.3 is 175 Å². The molecule has 0 bridgehead atoms. The van der Waals surface area contributed by atoms with Gasteiger partial charge in [-0.3, -0.25) is 0 Å². The number of thiophene rings is 1. The third-order valence-corrected chi connectivity index (χ3v) is 10.9. The standard InChI is InChI=1S/C24H25N4O2S.H2N.Po/c1-14-8-9-17(12-20(14)30-4)26-24-15(2)10-22-25-13-18(28(22)27-24)21-11-16-6-5-7-19(29-3)23(16)31-21;;/h5-7,9,11-13,15H,8,10H2,1-4H3,(H,26,27);1H2;/q;-1;+1. The van der Waals surface area contributed by atoms with Crippen molar-refractivity contribution in [3.8, 4) is 16.3 Å². The summed E-state index contributed by atoms with van der Waals surface area (Å²) < 4.78 is 20.6. The number of aliphatic imine (C=N–C) groups is 1. The summed E-state index contributed by atoms with van der Waals surface area (Å²) in [6, 6.07) is 8.32. The molecular formula is C24H27N5O2PoS. The van der Waals surface area contributed by atoms with Gasteiger partial charge in [0, 0.05) is 0 Å². The minimum absolute atomic E-state index is 0.0169. The second-order valence-corrected chi connectivity index (χ2v) is 14.0. The van der Waals surface area contributed by atoms with Gasteiger partial charge in [-0.05, 0) is 6.07 Å². The molecule has 0 radical (unpaired) electrons. The first-order valence-corrected chi connectivity index (χ1v) is 15.0. The van der Waals surface area contributed by atoms with Crippen molar-refractivity contribution >= 4 is 51.1 Å². The summed E-state index contributed by atoms with van der Waals surface area (Å²) in [5.41, 5.74) is 5.48. The predicted molar refractivity (Wildman–Crippen MR) is 135 cm³/mol. The fourth-order valence-electron chi connectivity index (χ4n) is 4.23. The zero-order valence-electron chi connectivity index (χ0n) is 19.1. The average Bonchev–Trinajstić information content (AvgIpc) is 3.44. The molecule has 2 aromatic heterocycles. The molecule has 2 atom stereocenters. The molecule has 172 valence electrons. The molecule has 1 aromatic carbocycles. The van der Waals surface area contributed by atoms with Gasteiger partial charge in [-0.2, -0.15) is 0 Å². The van der Waals surface area contributed by atoms with Crippen molar-refractivity contribution < 1.29 is 9.47 Å². The van der Waals surface area contributed by atoms with Crippen LogP contribution in [0.2, 0.25) is 3.07 Å². The number of nitrogens with zero attached hydrogens (tertiary/aromatic N) is 3. The fourth-order valence-corrected chi connectivity index (χ4v) is 7.08. The normalized spacial score (nSPS) is 23.7. The van der Waals surface area contributed by atoms with Crippen LogP contribution >= 0.6 is 11.3 Å². The van der Waals surface area contributed by atoms with Crippen molar-refractivity contribution in [2.45, 2.75) is 29.8 Å². The zero-order valence-corrected chi connectivity index (χ0v) is 23.1. The van der Waals surface area contributed by atoms with Crippen molar-refractivity contribution in [2.24, 2.45) is 14.5 Å². The Morgan fingerprint density at radius 2 is 2.18 bits per heavy atom. The minimum atomic E-state index is -1.01. The number of rotatable bonds is 5. The Balaban J connectivity index is 1.49. The molecule has 0 saturated carbocycles. The first kappa shape index (κ1) is 22.6. The average molecular weight is 659 g/mol. The second-order valence-electron chi connectivity index (χ2n) is 8.49. The summed E-state index contributed by atoms with van der Waals surface area (Å²) in [4.78, 5) is 10.8. The van der Waals surface area contributed by atoms with E-state index in [-0.39, 0.29) is 8.99 Å². The number of nitrogens with two attached hydrogens (primary N) is 1. The van der Waals surface area contributed by atoms with E-state index in [0.717, 1.165) is 57.0 Å². The molecule has 0 amide bonds. The van der Waals surface area contributed by atoms with Crippen LogP contribution in [0.5, 0.6) is 5.75 Å². The zero-order chi connectivity index (χ0) is 23.2. The van der Waals surface area contributed by atoms with E-state index in [4.69, 9.17) is 23.1 Å². The molecule has 5 rings (SSSR count). The van der Waals surface area contributed by atoms with Crippen LogP contribution in [0.25, 0.3) is 20.7 Å². The van der Waals surface area contributed by atoms with E-state index in [1.807, 2.05) is 24.4 Å². The number of amidine groups is 1. The van der Waals surface area contributed by atoms with Crippen LogP contribution in [0.4, 0.5) is 0 Å². The number of nitrogens with one attached hydrogen (secondary N) is 1. The van der Waals surface area contributed by atoms with Gasteiger partial charge in [0.1, 0.15) is 5.75 Å². The molecule has 1 aliphatic carbocycles. The van der Waals surface area contributed by atoms with E-state index < -0.39 is 23.9 Å². The number of hydrogen-bond donors (Lipinski definition) is 2. The van der Waals surface area contributed by atoms with Gasteiger partial charge in [0.2, 0.25) is 0 Å².